The molecule has 0 saturated carbocycles. The summed E-state index contributed by atoms with van der Waals surface area (Å²) >= 11 is 0.597. The summed E-state index contributed by atoms with van der Waals surface area (Å²) in [7, 11) is -5.26. The van der Waals surface area contributed by atoms with E-state index >= 15 is 8.78 Å². The lowest BCUT2D eigenvalue weighted by Gasteiger charge is -2.31. The number of carbonyl (C=O) groups is 3. The summed E-state index contributed by atoms with van der Waals surface area (Å²) in [6, 6.07) is 6.11. The van der Waals surface area contributed by atoms with Crippen molar-refractivity contribution in [2.75, 3.05) is 18.9 Å². The van der Waals surface area contributed by atoms with Crippen LogP contribution >= 0.6 is 26.0 Å². The van der Waals surface area contributed by atoms with Crippen molar-refractivity contribution < 1.29 is 69.5 Å². The highest BCUT2D eigenvalue weighted by Gasteiger charge is 2.56. The van der Waals surface area contributed by atoms with E-state index in [1.807, 2.05) is 0 Å². The number of hydrogen-bond acceptors (Lipinski definition) is 17. The van der Waals surface area contributed by atoms with Gasteiger partial charge in [0.25, 0.3) is 0 Å². The summed E-state index contributed by atoms with van der Waals surface area (Å²) in [4.78, 5) is 59.5. The Morgan fingerprint density at radius 1 is 1.02 bits per heavy atom. The molecule has 4 aliphatic heterocycles. The molecule has 1 aromatic carbocycles. The summed E-state index contributed by atoms with van der Waals surface area (Å²) in [6.45, 7) is -5.11. The third kappa shape index (κ3) is 7.93. The highest BCUT2D eigenvalue weighted by atomic mass is 32.7. The van der Waals surface area contributed by atoms with Gasteiger partial charge in [0.05, 0.1) is 26.0 Å². The van der Waals surface area contributed by atoms with E-state index in [2.05, 4.69) is 15.0 Å². The molecule has 0 aliphatic carbocycles. The number of halogens is 2. The van der Waals surface area contributed by atoms with Gasteiger partial charge in [-0.3, -0.25) is 41.9 Å². The van der Waals surface area contributed by atoms with Crippen LogP contribution in [-0.2, 0) is 56.8 Å². The van der Waals surface area contributed by atoms with E-state index in [9.17, 15) is 28.4 Å². The van der Waals surface area contributed by atoms with Crippen molar-refractivity contribution in [3.63, 3.8) is 0 Å². The zero-order valence-electron chi connectivity index (χ0n) is 27.3. The minimum absolute atomic E-state index is 0.00693. The fourth-order valence-corrected chi connectivity index (χ4v) is 10.2. The number of ketones is 1. The average Bonchev–Trinajstić information content (AvgIpc) is 3.76. The first-order valence-corrected chi connectivity index (χ1v) is 20.4. The number of carbonyl (C=O) groups excluding carboxylic acids is 3. The molecule has 2 unspecified atom stereocenters. The summed E-state index contributed by atoms with van der Waals surface area (Å²) in [6.07, 6.45) is -11.0. The van der Waals surface area contributed by atoms with E-state index in [4.69, 9.17) is 38.0 Å². The van der Waals surface area contributed by atoms with E-state index in [0.717, 1.165) is 23.5 Å². The molecule has 4 aliphatic rings. The molecule has 6 heterocycles. The fraction of sp³-hybridized carbons (Fsp3) is 0.448. The number of amides is 1. The van der Waals surface area contributed by atoms with Crippen LogP contribution in [0.2, 0.25) is 0 Å². The zero-order valence-corrected chi connectivity index (χ0v) is 29.9. The van der Waals surface area contributed by atoms with Crippen molar-refractivity contribution in [1.82, 2.24) is 24.4 Å². The second kappa shape index (κ2) is 14.9. The molecule has 0 radical (unpaired) electrons. The third-order valence-corrected chi connectivity index (χ3v) is 13.0. The van der Waals surface area contributed by atoms with Gasteiger partial charge >= 0.3 is 20.6 Å². The van der Waals surface area contributed by atoms with Crippen molar-refractivity contribution >= 4 is 60.6 Å². The van der Waals surface area contributed by atoms with Crippen LogP contribution in [-0.4, -0.2) is 103 Å². The van der Waals surface area contributed by atoms with Gasteiger partial charge in [0.1, 0.15) is 42.0 Å². The van der Waals surface area contributed by atoms with Gasteiger partial charge in [0.2, 0.25) is 5.91 Å². The number of alkyl halides is 2. The van der Waals surface area contributed by atoms with Crippen LogP contribution in [0, 0.1) is 0 Å². The Kier molecular flexibility index (Phi) is 10.5. The maximum Gasteiger partial charge on any atom is 0.472 e. The molecule has 0 spiro atoms. The van der Waals surface area contributed by atoms with Gasteiger partial charge in [-0.25, -0.2) is 32.9 Å². The summed E-state index contributed by atoms with van der Waals surface area (Å²) < 4.78 is 100. The largest absolute Gasteiger partial charge is 0.472 e. The Labute approximate surface area is 301 Å². The Bertz CT molecular complexity index is 2040. The molecule has 3 saturated heterocycles. The predicted molar refractivity (Wildman–Crippen MR) is 176 cm³/mol. The Morgan fingerprint density at radius 3 is 2.49 bits per heavy atom. The summed E-state index contributed by atoms with van der Waals surface area (Å²) in [5.41, 5.74) is 6.62. The normalized spacial score (nSPS) is 35.1. The maximum absolute atomic E-state index is 16.5. The molecule has 3 N–H and O–H groups in total. The van der Waals surface area contributed by atoms with E-state index in [1.54, 1.807) is 12.1 Å². The quantitative estimate of drug-likeness (QED) is 0.157. The molecule has 19 nitrogen and oxygen atoms in total. The van der Waals surface area contributed by atoms with Crippen molar-refractivity contribution in [3.8, 4) is 5.75 Å². The second-order valence-corrected chi connectivity index (χ2v) is 17.5. The van der Waals surface area contributed by atoms with E-state index in [-0.39, 0.29) is 28.5 Å². The topological polar surface area (TPSA) is 243 Å². The van der Waals surface area contributed by atoms with E-state index in [1.165, 1.54) is 30.0 Å². The van der Waals surface area contributed by atoms with Crippen molar-refractivity contribution in [3.05, 3.63) is 54.8 Å². The van der Waals surface area contributed by atoms with Gasteiger partial charge in [-0.15, -0.1) is 0 Å². The highest BCUT2D eigenvalue weighted by Crippen LogP contribution is 2.64. The number of fused-ring (bicyclic) bond motifs is 4. The van der Waals surface area contributed by atoms with Crippen LogP contribution < -0.4 is 10.5 Å². The number of aromatic nitrogens is 4. The van der Waals surface area contributed by atoms with Crippen LogP contribution in [0.5, 0.6) is 5.75 Å². The van der Waals surface area contributed by atoms with E-state index in [0.29, 0.717) is 16.9 Å². The lowest BCUT2D eigenvalue weighted by atomic mass is 10.1. The van der Waals surface area contributed by atoms with Crippen molar-refractivity contribution in [2.24, 2.45) is 0 Å². The molecule has 7 rings (SSSR count). The van der Waals surface area contributed by atoms with Crippen molar-refractivity contribution in [1.29, 1.82) is 0 Å². The number of phosphoric acid groups is 1. The number of rotatable bonds is 6. The number of anilines is 1. The number of hydrogen-bond donors (Lipinski definition) is 2. The molecule has 3 fully saturated rings. The Morgan fingerprint density at radius 2 is 1.75 bits per heavy atom. The number of allylic oxidation sites excluding steroid dienone is 1. The monoisotopic (exact) mass is 802 g/mol. The molecule has 24 heteroatoms. The van der Waals surface area contributed by atoms with Crippen LogP contribution in [0.1, 0.15) is 25.1 Å². The second-order valence-electron chi connectivity index (χ2n) is 12.0. The number of esters is 1. The fourth-order valence-electron chi connectivity index (χ4n) is 5.91. The standard InChI is InChI=1S/C29H30F2N6O13P2S/c1-14(38)46-17-4-2-15(3-5-17)11-53-52(43)45-9-18-21(30)25(29(47-18)36-7-6-16(39)8-20(36)40)49-51(41,42)44-10-19-24(50-52)22(31)28(48-19)37-13-35-23-26(32)33-12-34-27(23)37/h2-7,12-13,18-19,21-22,24-25,28-29H,8-11H2,1H3,(H,41,42)(H2,32,33,34)/t18-,19-,21-,22-,24-,25-,28-,29-,52?/m1/s1. The third-order valence-electron chi connectivity index (χ3n) is 8.38. The number of phosphoric ester groups is 1. The Hall–Kier alpha value is -3.69. The van der Waals surface area contributed by atoms with Gasteiger partial charge < -0.3 is 24.8 Å². The number of imidazole rings is 1. The molecule has 3 aromatic rings. The van der Waals surface area contributed by atoms with Gasteiger partial charge in [0.15, 0.2) is 42.0 Å². The number of nitrogens with zero attached hydrogens (tertiary/aromatic N) is 5. The van der Waals surface area contributed by atoms with Crippen LogP contribution in [0.3, 0.4) is 0 Å². The summed E-state index contributed by atoms with van der Waals surface area (Å²) in [5, 5.41) is 0. The average molecular weight is 803 g/mol. The van der Waals surface area contributed by atoms with Gasteiger partial charge in [0, 0.05) is 18.9 Å². The number of nitrogens with two attached hydrogens (primary N) is 1. The lowest BCUT2D eigenvalue weighted by Crippen LogP contribution is -2.46. The molecular formula is C29H30F2N6O13P2S. The SMILES string of the molecule is CC(=O)Oc1ccc(CSP2(=O)OC[C@H]3O[C@@H](N4C=CC(=O)CC4=O)[C@H](OP(=O)(O)OC[C@H]4O[C@@H](n5cnc6c(N)ncnc65)[C@H](F)[C@@H]4O2)[C@@H]3F)cc1. The van der Waals surface area contributed by atoms with E-state index < -0.39 is 101 Å². The molecule has 2 bridgehead atoms. The predicted octanol–water partition coefficient (Wildman–Crippen LogP) is 2.91. The lowest BCUT2D eigenvalue weighted by molar-refractivity contribution is -0.148. The zero-order chi connectivity index (χ0) is 37.7. The molecular weight excluding hydrogens is 772 g/mol. The van der Waals surface area contributed by atoms with Gasteiger partial charge in [-0.2, -0.15) is 0 Å². The van der Waals surface area contributed by atoms with Crippen molar-refractivity contribution in [2.45, 2.75) is 68.3 Å². The highest BCUT2D eigenvalue weighted by molar-refractivity contribution is 8.54. The van der Waals surface area contributed by atoms with Gasteiger partial charge in [-0.1, -0.05) is 12.1 Å². The number of nitrogen functional groups attached to an aromatic ring is 1. The molecule has 53 heavy (non-hydrogen) atoms. The van der Waals surface area contributed by atoms with Crippen LogP contribution in [0.25, 0.3) is 11.2 Å². The molecule has 1 amide bonds. The molecule has 10 atom stereocenters. The number of ether oxygens (including phenoxy) is 3. The van der Waals surface area contributed by atoms with Gasteiger partial charge in [-0.05, 0) is 35.2 Å². The smallest absolute Gasteiger partial charge is 0.427 e. The molecule has 2 aromatic heterocycles. The first-order valence-electron chi connectivity index (χ1n) is 15.7. The number of benzene rings is 1. The van der Waals surface area contributed by atoms with Crippen LogP contribution in [0.15, 0.2) is 49.2 Å². The first kappa shape index (κ1) is 37.6. The maximum atomic E-state index is 16.5. The minimum Gasteiger partial charge on any atom is -0.427 e. The Balaban J connectivity index is 1.21. The summed E-state index contributed by atoms with van der Waals surface area (Å²) in [5.74, 6) is -1.74. The molecule has 284 valence electrons. The minimum atomic E-state index is -5.26. The van der Waals surface area contributed by atoms with Crippen LogP contribution in [0.4, 0.5) is 14.6 Å². The first-order chi connectivity index (χ1) is 25.2.